The molecule has 0 aromatic heterocycles. The number of hydrogen-bond donors (Lipinski definition) is 1. The van der Waals surface area contributed by atoms with Crippen molar-refractivity contribution < 1.29 is 4.74 Å². The summed E-state index contributed by atoms with van der Waals surface area (Å²) in [6.45, 7) is 11.9. The van der Waals surface area contributed by atoms with E-state index in [0.29, 0.717) is 6.04 Å². The van der Waals surface area contributed by atoms with Crippen LogP contribution < -0.4 is 5.32 Å². The van der Waals surface area contributed by atoms with E-state index in [9.17, 15) is 0 Å². The van der Waals surface area contributed by atoms with E-state index in [2.05, 4.69) is 37.9 Å². The molecule has 1 N–H and O–H groups in total. The second kappa shape index (κ2) is 7.20. The Bertz CT molecular complexity index is 160. The molecule has 0 aliphatic rings. The number of likely N-dealkylation sites (N-methyl/N-ethyl adjacent to an activating group) is 1. The molecule has 0 aromatic rings. The maximum atomic E-state index is 5.15. The van der Waals surface area contributed by atoms with Crippen LogP contribution in [-0.4, -0.2) is 50.3 Å². The van der Waals surface area contributed by atoms with Gasteiger partial charge in [0.05, 0.1) is 6.61 Å². The minimum absolute atomic E-state index is 0.164. The molecule has 0 bridgehead atoms. The highest BCUT2D eigenvalue weighted by Crippen LogP contribution is 2.10. The molecule has 0 aliphatic heterocycles. The van der Waals surface area contributed by atoms with Crippen molar-refractivity contribution >= 4 is 0 Å². The van der Waals surface area contributed by atoms with Crippen LogP contribution in [0, 0.1) is 0 Å². The maximum absolute atomic E-state index is 5.15. The molecular weight excluding hydrogens is 188 g/mol. The minimum Gasteiger partial charge on any atom is -0.383 e. The first kappa shape index (κ1) is 14.9. The van der Waals surface area contributed by atoms with Crippen molar-refractivity contribution in [3.8, 4) is 0 Å². The average molecular weight is 216 g/mol. The van der Waals surface area contributed by atoms with Crippen molar-refractivity contribution in [2.75, 3.05) is 33.9 Å². The number of methoxy groups -OCH3 is 1. The fraction of sp³-hybridized carbons (Fsp3) is 1.00. The Morgan fingerprint density at radius 1 is 1.40 bits per heavy atom. The average Bonchev–Trinajstić information content (AvgIpc) is 2.23. The largest absolute Gasteiger partial charge is 0.383 e. The topological polar surface area (TPSA) is 24.5 Å². The summed E-state index contributed by atoms with van der Waals surface area (Å²) < 4.78 is 5.15. The van der Waals surface area contributed by atoms with E-state index in [-0.39, 0.29) is 5.54 Å². The van der Waals surface area contributed by atoms with E-state index in [1.165, 1.54) is 6.42 Å². The zero-order valence-corrected chi connectivity index (χ0v) is 11.3. The van der Waals surface area contributed by atoms with Crippen molar-refractivity contribution in [1.29, 1.82) is 0 Å². The highest BCUT2D eigenvalue weighted by Gasteiger charge is 2.21. The van der Waals surface area contributed by atoms with Crippen LogP contribution in [0.25, 0.3) is 0 Å². The molecule has 0 aliphatic carbocycles. The molecule has 15 heavy (non-hydrogen) atoms. The number of rotatable bonds is 8. The maximum Gasteiger partial charge on any atom is 0.0589 e. The van der Waals surface area contributed by atoms with Gasteiger partial charge in [-0.1, -0.05) is 6.92 Å². The monoisotopic (exact) mass is 216 g/mol. The van der Waals surface area contributed by atoms with Crippen LogP contribution >= 0.6 is 0 Å². The Kier molecular flexibility index (Phi) is 7.14. The standard InChI is InChI=1S/C12H28N2O/c1-7-11(2)14(8-9-15-6)10-12(3,4)13-5/h11,13H,7-10H2,1-6H3. The lowest BCUT2D eigenvalue weighted by atomic mass is 10.0. The Morgan fingerprint density at radius 2 is 2.00 bits per heavy atom. The molecule has 0 heterocycles. The molecule has 0 fully saturated rings. The fourth-order valence-electron chi connectivity index (χ4n) is 1.51. The number of hydrogen-bond acceptors (Lipinski definition) is 3. The second-order valence-corrected chi connectivity index (χ2v) is 4.85. The molecule has 0 radical (unpaired) electrons. The first-order valence-electron chi connectivity index (χ1n) is 5.88. The molecule has 3 heteroatoms. The number of ether oxygens (including phenoxy) is 1. The van der Waals surface area contributed by atoms with E-state index < -0.39 is 0 Å². The Hall–Kier alpha value is -0.120. The number of nitrogens with one attached hydrogen (secondary N) is 1. The van der Waals surface area contributed by atoms with Crippen molar-refractivity contribution in [3.63, 3.8) is 0 Å². The molecule has 1 unspecified atom stereocenters. The molecule has 0 rings (SSSR count). The molecule has 0 aromatic carbocycles. The van der Waals surface area contributed by atoms with Gasteiger partial charge in [0, 0.05) is 31.8 Å². The summed E-state index contributed by atoms with van der Waals surface area (Å²) in [5.74, 6) is 0. The van der Waals surface area contributed by atoms with Gasteiger partial charge in [-0.2, -0.15) is 0 Å². The van der Waals surface area contributed by atoms with E-state index in [1.54, 1.807) is 7.11 Å². The summed E-state index contributed by atoms with van der Waals surface area (Å²) in [4.78, 5) is 2.49. The van der Waals surface area contributed by atoms with E-state index in [0.717, 1.165) is 19.7 Å². The summed E-state index contributed by atoms with van der Waals surface area (Å²) in [6.07, 6.45) is 1.18. The highest BCUT2D eigenvalue weighted by molar-refractivity contribution is 4.82. The van der Waals surface area contributed by atoms with Crippen LogP contribution in [0.1, 0.15) is 34.1 Å². The van der Waals surface area contributed by atoms with Gasteiger partial charge in [-0.25, -0.2) is 0 Å². The summed E-state index contributed by atoms with van der Waals surface area (Å²) >= 11 is 0. The van der Waals surface area contributed by atoms with Crippen LogP contribution in [0.3, 0.4) is 0 Å². The minimum atomic E-state index is 0.164. The number of nitrogens with zero attached hydrogens (tertiary/aromatic N) is 1. The van der Waals surface area contributed by atoms with Crippen LogP contribution in [-0.2, 0) is 4.74 Å². The van der Waals surface area contributed by atoms with Gasteiger partial charge in [0.15, 0.2) is 0 Å². The smallest absolute Gasteiger partial charge is 0.0589 e. The summed E-state index contributed by atoms with van der Waals surface area (Å²) in [5, 5.41) is 3.34. The molecule has 0 saturated carbocycles. The fourth-order valence-corrected chi connectivity index (χ4v) is 1.51. The second-order valence-electron chi connectivity index (χ2n) is 4.85. The molecule has 0 saturated heterocycles. The zero-order chi connectivity index (χ0) is 11.9. The van der Waals surface area contributed by atoms with Gasteiger partial charge in [-0.3, -0.25) is 4.90 Å². The van der Waals surface area contributed by atoms with Crippen molar-refractivity contribution in [2.45, 2.75) is 45.7 Å². The van der Waals surface area contributed by atoms with Crippen LogP contribution in [0.5, 0.6) is 0 Å². The highest BCUT2D eigenvalue weighted by atomic mass is 16.5. The van der Waals surface area contributed by atoms with Crippen molar-refractivity contribution in [1.82, 2.24) is 10.2 Å². The predicted octanol–water partition coefficient (Wildman–Crippen LogP) is 1.73. The molecule has 1 atom stereocenters. The van der Waals surface area contributed by atoms with Crippen LogP contribution in [0.4, 0.5) is 0 Å². The molecule has 0 amide bonds. The zero-order valence-electron chi connectivity index (χ0n) is 11.3. The quantitative estimate of drug-likeness (QED) is 0.669. The lowest BCUT2D eigenvalue weighted by molar-refractivity contribution is 0.102. The lowest BCUT2D eigenvalue weighted by Crippen LogP contribution is -2.50. The molecular formula is C12H28N2O. The third kappa shape index (κ3) is 6.13. The Balaban J connectivity index is 4.23. The van der Waals surface area contributed by atoms with Crippen molar-refractivity contribution in [2.24, 2.45) is 0 Å². The third-order valence-electron chi connectivity index (χ3n) is 3.07. The lowest BCUT2D eigenvalue weighted by Gasteiger charge is -2.36. The van der Waals surface area contributed by atoms with Crippen LogP contribution in [0.15, 0.2) is 0 Å². The van der Waals surface area contributed by atoms with Gasteiger partial charge in [-0.15, -0.1) is 0 Å². The van der Waals surface area contributed by atoms with E-state index >= 15 is 0 Å². The van der Waals surface area contributed by atoms with E-state index in [4.69, 9.17) is 4.74 Å². The molecule has 3 nitrogen and oxygen atoms in total. The van der Waals surface area contributed by atoms with E-state index in [1.807, 2.05) is 7.05 Å². The summed E-state index contributed by atoms with van der Waals surface area (Å²) in [5.41, 5.74) is 0.164. The van der Waals surface area contributed by atoms with Gasteiger partial charge in [-0.05, 0) is 34.2 Å². The van der Waals surface area contributed by atoms with Gasteiger partial charge in [0.25, 0.3) is 0 Å². The van der Waals surface area contributed by atoms with Gasteiger partial charge in [0.1, 0.15) is 0 Å². The van der Waals surface area contributed by atoms with Gasteiger partial charge < -0.3 is 10.1 Å². The molecule has 0 spiro atoms. The molecule has 92 valence electrons. The SMILES string of the molecule is CCC(C)N(CCOC)CC(C)(C)NC. The van der Waals surface area contributed by atoms with Gasteiger partial charge in [0.2, 0.25) is 0 Å². The van der Waals surface area contributed by atoms with Crippen molar-refractivity contribution in [3.05, 3.63) is 0 Å². The Labute approximate surface area is 95.2 Å². The summed E-state index contributed by atoms with van der Waals surface area (Å²) in [6, 6.07) is 0.618. The van der Waals surface area contributed by atoms with Gasteiger partial charge >= 0.3 is 0 Å². The normalized spacial score (nSPS) is 14.6. The first-order chi connectivity index (χ1) is 6.96. The summed E-state index contributed by atoms with van der Waals surface area (Å²) in [7, 11) is 3.78. The van der Waals surface area contributed by atoms with Crippen LogP contribution in [0.2, 0.25) is 0 Å². The first-order valence-corrected chi connectivity index (χ1v) is 5.88. The third-order valence-corrected chi connectivity index (χ3v) is 3.07. The Morgan fingerprint density at radius 3 is 2.40 bits per heavy atom. The predicted molar refractivity (Wildman–Crippen MR) is 66.3 cm³/mol.